The number of ether oxygens (including phenoxy) is 2. The minimum Gasteiger partial charge on any atom is -0.493 e. The molecular formula is C20H24N2O3. The molecule has 0 aliphatic heterocycles. The van der Waals surface area contributed by atoms with E-state index in [0.717, 1.165) is 16.9 Å². The molecule has 1 atom stereocenters. The molecule has 0 amide bonds. The SMILES string of the molecule is COc1ccccc1OCC(O)Cn1c(C(C)C)nc2ccccc21. The summed E-state index contributed by atoms with van der Waals surface area (Å²) >= 11 is 0. The average Bonchev–Trinajstić information content (AvgIpc) is 2.99. The van der Waals surface area contributed by atoms with Gasteiger partial charge >= 0.3 is 0 Å². The first-order valence-electron chi connectivity index (χ1n) is 8.49. The molecule has 5 heteroatoms. The lowest BCUT2D eigenvalue weighted by Crippen LogP contribution is -2.25. The van der Waals surface area contributed by atoms with Crippen LogP contribution in [0.5, 0.6) is 11.5 Å². The first kappa shape index (κ1) is 17.3. The van der Waals surface area contributed by atoms with Gasteiger partial charge in [-0.15, -0.1) is 0 Å². The van der Waals surface area contributed by atoms with Gasteiger partial charge in [0, 0.05) is 5.92 Å². The second-order valence-electron chi connectivity index (χ2n) is 6.34. The van der Waals surface area contributed by atoms with E-state index in [1.165, 1.54) is 0 Å². The van der Waals surface area contributed by atoms with Crippen LogP contribution in [0.15, 0.2) is 48.5 Å². The van der Waals surface area contributed by atoms with Crippen molar-refractivity contribution in [3.8, 4) is 11.5 Å². The van der Waals surface area contributed by atoms with Gasteiger partial charge in [-0.3, -0.25) is 0 Å². The van der Waals surface area contributed by atoms with Crippen LogP contribution in [0.1, 0.15) is 25.6 Å². The van der Waals surface area contributed by atoms with Crippen LogP contribution in [0.25, 0.3) is 11.0 Å². The van der Waals surface area contributed by atoms with E-state index in [2.05, 4.69) is 18.4 Å². The molecule has 3 rings (SSSR count). The van der Waals surface area contributed by atoms with Gasteiger partial charge < -0.3 is 19.1 Å². The molecule has 25 heavy (non-hydrogen) atoms. The number of para-hydroxylation sites is 4. The summed E-state index contributed by atoms with van der Waals surface area (Å²) in [6.07, 6.45) is -0.653. The van der Waals surface area contributed by atoms with E-state index in [-0.39, 0.29) is 12.5 Å². The third-order valence-corrected chi connectivity index (χ3v) is 4.09. The number of methoxy groups -OCH3 is 1. The monoisotopic (exact) mass is 340 g/mol. The van der Waals surface area contributed by atoms with E-state index in [1.54, 1.807) is 7.11 Å². The van der Waals surface area contributed by atoms with Gasteiger partial charge in [-0.2, -0.15) is 0 Å². The summed E-state index contributed by atoms with van der Waals surface area (Å²) < 4.78 is 13.1. The second-order valence-corrected chi connectivity index (χ2v) is 6.34. The molecule has 0 aliphatic rings. The van der Waals surface area contributed by atoms with Crippen LogP contribution in [0.4, 0.5) is 0 Å². The zero-order chi connectivity index (χ0) is 17.8. The fraction of sp³-hybridized carbons (Fsp3) is 0.350. The van der Waals surface area contributed by atoms with Gasteiger partial charge in [0.25, 0.3) is 0 Å². The number of imidazole rings is 1. The van der Waals surface area contributed by atoms with Crippen LogP contribution >= 0.6 is 0 Å². The molecule has 1 N–H and O–H groups in total. The summed E-state index contributed by atoms with van der Waals surface area (Å²) in [5.41, 5.74) is 1.98. The number of nitrogens with zero attached hydrogens (tertiary/aromatic N) is 2. The average molecular weight is 340 g/mol. The Morgan fingerprint density at radius 3 is 2.44 bits per heavy atom. The molecule has 1 unspecified atom stereocenters. The number of benzene rings is 2. The van der Waals surface area contributed by atoms with E-state index in [0.29, 0.717) is 18.0 Å². The third-order valence-electron chi connectivity index (χ3n) is 4.09. The number of hydrogen-bond donors (Lipinski definition) is 1. The largest absolute Gasteiger partial charge is 0.493 e. The number of aliphatic hydroxyl groups is 1. The molecule has 0 bridgehead atoms. The van der Waals surface area contributed by atoms with Crippen LogP contribution < -0.4 is 9.47 Å². The maximum atomic E-state index is 10.5. The quantitative estimate of drug-likeness (QED) is 0.714. The molecule has 1 aromatic heterocycles. The van der Waals surface area contributed by atoms with Crippen molar-refractivity contribution in [2.24, 2.45) is 0 Å². The van der Waals surface area contributed by atoms with Crippen LogP contribution in [-0.2, 0) is 6.54 Å². The maximum absolute atomic E-state index is 10.5. The van der Waals surface area contributed by atoms with E-state index in [1.807, 2.05) is 48.5 Å². The number of rotatable bonds is 7. The standard InChI is InChI=1S/C20H24N2O3/c1-14(2)20-21-16-8-4-5-9-17(16)22(20)12-15(23)13-25-19-11-7-6-10-18(19)24-3/h4-11,14-15,23H,12-13H2,1-3H3. The van der Waals surface area contributed by atoms with Gasteiger partial charge in [-0.05, 0) is 24.3 Å². The predicted molar refractivity (Wildman–Crippen MR) is 98.3 cm³/mol. The van der Waals surface area contributed by atoms with E-state index in [4.69, 9.17) is 14.5 Å². The van der Waals surface area contributed by atoms with Crippen molar-refractivity contribution < 1.29 is 14.6 Å². The summed E-state index contributed by atoms with van der Waals surface area (Å²) in [4.78, 5) is 4.70. The lowest BCUT2D eigenvalue weighted by molar-refractivity contribution is 0.0910. The lowest BCUT2D eigenvalue weighted by atomic mass is 10.2. The number of fused-ring (bicyclic) bond motifs is 1. The first-order chi connectivity index (χ1) is 12.1. The number of aromatic nitrogens is 2. The minimum atomic E-state index is -0.653. The topological polar surface area (TPSA) is 56.5 Å². The lowest BCUT2D eigenvalue weighted by Gasteiger charge is -2.17. The molecule has 0 saturated heterocycles. The highest BCUT2D eigenvalue weighted by molar-refractivity contribution is 5.76. The Morgan fingerprint density at radius 1 is 1.04 bits per heavy atom. The van der Waals surface area contributed by atoms with Crippen molar-refractivity contribution >= 4 is 11.0 Å². The van der Waals surface area contributed by atoms with Crippen LogP contribution in [0, 0.1) is 0 Å². The molecule has 0 aliphatic carbocycles. The molecular weight excluding hydrogens is 316 g/mol. The Hall–Kier alpha value is -2.53. The van der Waals surface area contributed by atoms with E-state index in [9.17, 15) is 5.11 Å². The third kappa shape index (κ3) is 3.77. The summed E-state index contributed by atoms with van der Waals surface area (Å²) in [6, 6.07) is 15.4. The maximum Gasteiger partial charge on any atom is 0.161 e. The molecule has 0 radical (unpaired) electrons. The van der Waals surface area contributed by atoms with Crippen molar-refractivity contribution in [3.05, 3.63) is 54.4 Å². The van der Waals surface area contributed by atoms with Crippen molar-refractivity contribution in [1.82, 2.24) is 9.55 Å². The van der Waals surface area contributed by atoms with Gasteiger partial charge in [0.05, 0.1) is 24.7 Å². The summed E-state index contributed by atoms with van der Waals surface area (Å²) in [6.45, 7) is 4.83. The molecule has 3 aromatic rings. The van der Waals surface area contributed by atoms with E-state index >= 15 is 0 Å². The zero-order valence-corrected chi connectivity index (χ0v) is 14.8. The van der Waals surface area contributed by atoms with Crippen LogP contribution in [0.3, 0.4) is 0 Å². The highest BCUT2D eigenvalue weighted by Crippen LogP contribution is 2.26. The summed E-state index contributed by atoms with van der Waals surface area (Å²) in [5.74, 6) is 2.53. The Kier molecular flexibility index (Phi) is 5.24. The normalized spacial score (nSPS) is 12.5. The summed E-state index contributed by atoms with van der Waals surface area (Å²) in [5, 5.41) is 10.5. The number of aliphatic hydroxyl groups excluding tert-OH is 1. The van der Waals surface area contributed by atoms with Gasteiger partial charge in [0.1, 0.15) is 18.5 Å². The van der Waals surface area contributed by atoms with Crippen molar-refractivity contribution in [2.75, 3.05) is 13.7 Å². The molecule has 1 heterocycles. The Balaban J connectivity index is 1.76. The molecule has 0 saturated carbocycles. The Morgan fingerprint density at radius 2 is 1.72 bits per heavy atom. The molecule has 2 aromatic carbocycles. The predicted octanol–water partition coefficient (Wildman–Crippen LogP) is 3.61. The molecule has 0 fully saturated rings. The van der Waals surface area contributed by atoms with Crippen LogP contribution in [0.2, 0.25) is 0 Å². The van der Waals surface area contributed by atoms with Gasteiger partial charge in [-0.1, -0.05) is 38.1 Å². The minimum absolute atomic E-state index is 0.185. The summed E-state index contributed by atoms with van der Waals surface area (Å²) in [7, 11) is 1.60. The fourth-order valence-electron chi connectivity index (χ4n) is 2.91. The van der Waals surface area contributed by atoms with Crippen LogP contribution in [-0.4, -0.2) is 34.5 Å². The van der Waals surface area contributed by atoms with Crippen molar-refractivity contribution in [3.63, 3.8) is 0 Å². The smallest absolute Gasteiger partial charge is 0.161 e. The molecule has 0 spiro atoms. The van der Waals surface area contributed by atoms with Gasteiger partial charge in [0.15, 0.2) is 11.5 Å². The van der Waals surface area contributed by atoms with Crippen molar-refractivity contribution in [1.29, 1.82) is 0 Å². The van der Waals surface area contributed by atoms with E-state index < -0.39 is 6.10 Å². The Bertz CT molecular complexity index is 842. The zero-order valence-electron chi connectivity index (χ0n) is 14.8. The molecule has 5 nitrogen and oxygen atoms in total. The fourth-order valence-corrected chi connectivity index (χ4v) is 2.91. The van der Waals surface area contributed by atoms with Gasteiger partial charge in [-0.25, -0.2) is 4.98 Å². The number of hydrogen-bond acceptors (Lipinski definition) is 4. The highest BCUT2D eigenvalue weighted by Gasteiger charge is 2.17. The first-order valence-corrected chi connectivity index (χ1v) is 8.49. The van der Waals surface area contributed by atoms with Crippen molar-refractivity contribution in [2.45, 2.75) is 32.4 Å². The highest BCUT2D eigenvalue weighted by atomic mass is 16.5. The van der Waals surface area contributed by atoms with Gasteiger partial charge in [0.2, 0.25) is 0 Å². The molecule has 132 valence electrons. The second kappa shape index (κ2) is 7.57. The Labute approximate surface area is 147 Å².